The summed E-state index contributed by atoms with van der Waals surface area (Å²) >= 11 is 11.8. The predicted octanol–water partition coefficient (Wildman–Crippen LogP) is 4.06. The summed E-state index contributed by atoms with van der Waals surface area (Å²) in [6, 6.07) is 15.0. The van der Waals surface area contributed by atoms with Gasteiger partial charge in [-0.3, -0.25) is 0 Å². The Bertz CT molecular complexity index is 751. The van der Waals surface area contributed by atoms with Crippen LogP contribution in [0.5, 0.6) is 0 Å². The maximum atomic E-state index is 9.80. The zero-order valence-electron chi connectivity index (χ0n) is 13.1. The number of rotatable bonds is 5. The number of aliphatic hydroxyl groups is 2. The number of hydrogen-bond donors (Lipinski definition) is 2. The molecule has 2 aromatic carbocycles. The Balaban J connectivity index is 2.31. The van der Waals surface area contributed by atoms with Crippen LogP contribution in [-0.4, -0.2) is 23.4 Å². The van der Waals surface area contributed by atoms with E-state index in [0.717, 1.165) is 22.3 Å². The van der Waals surface area contributed by atoms with Crippen LogP contribution in [0.25, 0.3) is 0 Å². The molecule has 0 radical (unpaired) electrons. The van der Waals surface area contributed by atoms with Crippen LogP contribution in [0.2, 0.25) is 10.0 Å². The van der Waals surface area contributed by atoms with Gasteiger partial charge in [-0.05, 0) is 47.4 Å². The quantitative estimate of drug-likeness (QED) is 0.789. The van der Waals surface area contributed by atoms with E-state index in [1.54, 1.807) is 0 Å². The van der Waals surface area contributed by atoms with Crippen molar-refractivity contribution in [1.29, 1.82) is 0 Å². The highest BCUT2D eigenvalue weighted by Crippen LogP contribution is 2.19. The van der Waals surface area contributed by atoms with Crippen molar-refractivity contribution in [2.24, 2.45) is 0 Å². The van der Waals surface area contributed by atoms with Gasteiger partial charge in [-0.15, -0.1) is 0 Å². The van der Waals surface area contributed by atoms with Gasteiger partial charge in [-0.25, -0.2) is 0 Å². The fourth-order valence-corrected chi connectivity index (χ4v) is 2.57. The maximum Gasteiger partial charge on any atom is 0.104 e. The normalized spacial score (nSPS) is 11.5. The second-order valence-electron chi connectivity index (χ2n) is 5.31. The van der Waals surface area contributed by atoms with Gasteiger partial charge in [0.1, 0.15) is 6.61 Å². The molecule has 4 heteroatoms. The molecule has 0 amide bonds. The predicted molar refractivity (Wildman–Crippen MR) is 99.3 cm³/mol. The molecule has 0 heterocycles. The highest BCUT2D eigenvalue weighted by molar-refractivity contribution is 6.30. The van der Waals surface area contributed by atoms with Crippen LogP contribution in [0.15, 0.2) is 59.7 Å². The lowest BCUT2D eigenvalue weighted by atomic mass is 9.96. The zero-order valence-corrected chi connectivity index (χ0v) is 14.6. The van der Waals surface area contributed by atoms with Crippen LogP contribution in [0.4, 0.5) is 0 Å². The monoisotopic (exact) mass is 360 g/mol. The van der Waals surface area contributed by atoms with Crippen LogP contribution < -0.4 is 0 Å². The van der Waals surface area contributed by atoms with E-state index in [1.165, 1.54) is 0 Å². The molecule has 0 saturated heterocycles. The summed E-state index contributed by atoms with van der Waals surface area (Å²) in [4.78, 5) is 0. The number of halogens is 2. The second kappa shape index (κ2) is 9.52. The van der Waals surface area contributed by atoms with Gasteiger partial charge in [0.05, 0.1) is 6.61 Å². The first-order valence-electron chi connectivity index (χ1n) is 7.52. The molecular formula is C20H18Cl2O2. The smallest absolute Gasteiger partial charge is 0.104 e. The highest BCUT2D eigenvalue weighted by atomic mass is 35.5. The Kier molecular flexibility index (Phi) is 7.36. The Labute approximate surface area is 152 Å². The molecule has 0 saturated carbocycles. The molecule has 0 fully saturated rings. The van der Waals surface area contributed by atoms with Crippen molar-refractivity contribution >= 4 is 23.2 Å². The molecule has 0 unspecified atom stereocenters. The zero-order chi connectivity index (χ0) is 17.4. The molecule has 2 aromatic rings. The van der Waals surface area contributed by atoms with E-state index in [9.17, 15) is 5.11 Å². The molecule has 0 spiro atoms. The van der Waals surface area contributed by atoms with Gasteiger partial charge in [0, 0.05) is 22.0 Å². The van der Waals surface area contributed by atoms with Gasteiger partial charge < -0.3 is 10.2 Å². The van der Waals surface area contributed by atoms with Crippen molar-refractivity contribution in [1.82, 2.24) is 0 Å². The summed E-state index contributed by atoms with van der Waals surface area (Å²) in [6.45, 7) is -0.310. The number of aliphatic hydroxyl groups excluding tert-OH is 2. The van der Waals surface area contributed by atoms with Crippen molar-refractivity contribution in [3.05, 3.63) is 80.8 Å². The first kappa shape index (κ1) is 18.6. The van der Waals surface area contributed by atoms with E-state index in [4.69, 9.17) is 28.3 Å². The van der Waals surface area contributed by atoms with Crippen molar-refractivity contribution in [3.63, 3.8) is 0 Å². The van der Waals surface area contributed by atoms with Gasteiger partial charge in [-0.2, -0.15) is 0 Å². The molecule has 2 nitrogen and oxygen atoms in total. The van der Waals surface area contributed by atoms with E-state index in [2.05, 4.69) is 11.8 Å². The van der Waals surface area contributed by atoms with E-state index >= 15 is 0 Å². The van der Waals surface area contributed by atoms with Crippen LogP contribution >= 0.6 is 23.2 Å². The Morgan fingerprint density at radius 2 is 1.29 bits per heavy atom. The molecule has 0 aliphatic heterocycles. The minimum absolute atomic E-state index is 0.0916. The first-order chi connectivity index (χ1) is 11.6. The summed E-state index contributed by atoms with van der Waals surface area (Å²) in [7, 11) is 0. The number of benzene rings is 2. The maximum absolute atomic E-state index is 9.80. The van der Waals surface area contributed by atoms with Crippen LogP contribution in [0, 0.1) is 11.8 Å². The molecule has 0 atom stereocenters. The van der Waals surface area contributed by atoms with E-state index < -0.39 is 0 Å². The molecule has 0 aromatic heterocycles. The van der Waals surface area contributed by atoms with Gasteiger partial charge >= 0.3 is 0 Å². The fourth-order valence-electron chi connectivity index (χ4n) is 2.32. The topological polar surface area (TPSA) is 40.5 Å². The third kappa shape index (κ3) is 5.70. The van der Waals surface area contributed by atoms with Crippen LogP contribution in [0.1, 0.15) is 11.1 Å². The van der Waals surface area contributed by atoms with Crippen LogP contribution in [-0.2, 0) is 12.8 Å². The molecule has 24 heavy (non-hydrogen) atoms. The van der Waals surface area contributed by atoms with Crippen molar-refractivity contribution in [2.75, 3.05) is 13.2 Å². The summed E-state index contributed by atoms with van der Waals surface area (Å²) < 4.78 is 0. The van der Waals surface area contributed by atoms with Gasteiger partial charge in [0.15, 0.2) is 0 Å². The summed E-state index contributed by atoms with van der Waals surface area (Å²) in [6.07, 6.45) is 1.16. The van der Waals surface area contributed by atoms with Crippen molar-refractivity contribution < 1.29 is 10.2 Å². The lowest BCUT2D eigenvalue weighted by Crippen LogP contribution is -2.03. The van der Waals surface area contributed by atoms with E-state index in [1.807, 2.05) is 48.5 Å². The molecular weight excluding hydrogens is 343 g/mol. The van der Waals surface area contributed by atoms with Crippen molar-refractivity contribution in [2.45, 2.75) is 12.8 Å². The van der Waals surface area contributed by atoms with E-state index in [0.29, 0.717) is 22.9 Å². The molecule has 2 rings (SSSR count). The molecule has 124 valence electrons. The van der Waals surface area contributed by atoms with Gasteiger partial charge in [0.2, 0.25) is 0 Å². The minimum Gasteiger partial charge on any atom is -0.392 e. The number of hydrogen-bond acceptors (Lipinski definition) is 2. The van der Waals surface area contributed by atoms with E-state index in [-0.39, 0.29) is 13.2 Å². The summed E-state index contributed by atoms with van der Waals surface area (Å²) in [5, 5.41) is 20.2. The highest BCUT2D eigenvalue weighted by Gasteiger charge is 2.07. The third-order valence-corrected chi connectivity index (χ3v) is 4.06. The summed E-state index contributed by atoms with van der Waals surface area (Å²) in [5.74, 6) is 5.65. The Morgan fingerprint density at radius 3 is 1.75 bits per heavy atom. The first-order valence-corrected chi connectivity index (χ1v) is 8.28. The molecule has 0 aliphatic carbocycles. The van der Waals surface area contributed by atoms with Gasteiger partial charge in [0.25, 0.3) is 0 Å². The molecule has 0 bridgehead atoms. The number of allylic oxidation sites excluding steroid dienone is 1. The van der Waals surface area contributed by atoms with Crippen LogP contribution in [0.3, 0.4) is 0 Å². The SMILES string of the molecule is OCC#C/C(Cc1ccc(Cl)cc1)=C(/CO)Cc1ccc(Cl)cc1. The standard InChI is InChI=1S/C20H18Cl2O2/c21-19-7-3-15(4-8-19)12-17(2-1-11-23)18(14-24)13-16-5-9-20(22)10-6-16/h3-10,23-24H,11-14H2/b18-17-. The molecule has 2 N–H and O–H groups in total. The Morgan fingerprint density at radius 1 is 0.792 bits per heavy atom. The van der Waals surface area contributed by atoms with Crippen molar-refractivity contribution in [3.8, 4) is 11.8 Å². The minimum atomic E-state index is -0.218. The lowest BCUT2D eigenvalue weighted by Gasteiger charge is -2.10. The lowest BCUT2D eigenvalue weighted by molar-refractivity contribution is 0.327. The van der Waals surface area contributed by atoms with Gasteiger partial charge in [-0.1, -0.05) is 59.3 Å². The largest absolute Gasteiger partial charge is 0.392 e. The average Bonchev–Trinajstić information content (AvgIpc) is 2.60. The fraction of sp³-hybridized carbons (Fsp3) is 0.200. The summed E-state index contributed by atoms with van der Waals surface area (Å²) in [5.41, 5.74) is 3.73. The second-order valence-corrected chi connectivity index (χ2v) is 6.18. The Hall–Kier alpha value is -1.76. The third-order valence-electron chi connectivity index (χ3n) is 3.56. The average molecular weight is 361 g/mol. The molecule has 0 aliphatic rings.